The van der Waals surface area contributed by atoms with Gasteiger partial charge in [-0.25, -0.2) is 4.99 Å². The second-order valence-electron chi connectivity index (χ2n) is 2.16. The summed E-state index contributed by atoms with van der Waals surface area (Å²) in [5.41, 5.74) is 0.852. The molecular formula is C8H11N3. The molecule has 0 bridgehead atoms. The molecule has 0 aromatic carbocycles. The molecule has 0 aliphatic heterocycles. The van der Waals surface area contributed by atoms with Crippen LogP contribution in [0, 0.1) is 0 Å². The maximum absolute atomic E-state index is 4.14. The van der Waals surface area contributed by atoms with E-state index >= 15 is 0 Å². The normalized spacial score (nSPS) is 12.7. The zero-order valence-corrected chi connectivity index (χ0v) is 6.73. The van der Waals surface area contributed by atoms with E-state index in [9.17, 15) is 0 Å². The lowest BCUT2D eigenvalue weighted by molar-refractivity contribution is 0.815. The van der Waals surface area contributed by atoms with Crippen molar-refractivity contribution in [2.45, 2.75) is 6.92 Å². The first-order chi connectivity index (χ1) is 5.34. The number of allylic oxidation sites excluding steroid dienone is 1. The molecule has 0 radical (unpaired) electrons. The fraction of sp³-hybridized carbons (Fsp3) is 0.250. The second kappa shape index (κ2) is 3.71. The smallest absolute Gasteiger partial charge is 0.150 e. The predicted octanol–water partition coefficient (Wildman–Crippen LogP) is 0.854. The van der Waals surface area contributed by atoms with Crippen molar-refractivity contribution in [2.75, 3.05) is 0 Å². The van der Waals surface area contributed by atoms with Gasteiger partial charge in [0.2, 0.25) is 0 Å². The van der Waals surface area contributed by atoms with Crippen LogP contribution in [0.15, 0.2) is 35.9 Å². The molecule has 0 N–H and O–H groups in total. The largest absolute Gasteiger partial charge is 0.333 e. The van der Waals surface area contributed by atoms with Crippen molar-refractivity contribution in [1.82, 2.24) is 9.55 Å². The first-order valence-corrected chi connectivity index (χ1v) is 3.46. The molecular weight excluding hydrogens is 138 g/mol. The minimum Gasteiger partial charge on any atom is -0.333 e. The van der Waals surface area contributed by atoms with Gasteiger partial charge >= 0.3 is 0 Å². The quantitative estimate of drug-likeness (QED) is 0.582. The molecule has 1 aromatic heterocycles. The van der Waals surface area contributed by atoms with E-state index < -0.39 is 0 Å². The monoisotopic (exact) mass is 149 g/mol. The molecule has 0 aliphatic carbocycles. The Morgan fingerprint density at radius 1 is 1.64 bits per heavy atom. The summed E-state index contributed by atoms with van der Waals surface area (Å²) in [5.74, 6) is 0. The summed E-state index contributed by atoms with van der Waals surface area (Å²) >= 11 is 0. The first kappa shape index (κ1) is 7.72. The second-order valence-corrected chi connectivity index (χ2v) is 2.16. The molecule has 0 aliphatic rings. The maximum Gasteiger partial charge on any atom is 0.150 e. The van der Waals surface area contributed by atoms with Gasteiger partial charge < -0.3 is 4.57 Å². The minimum atomic E-state index is 0.852. The summed E-state index contributed by atoms with van der Waals surface area (Å²) in [4.78, 5) is 8.09. The van der Waals surface area contributed by atoms with Crippen molar-refractivity contribution in [3.05, 3.63) is 36.4 Å². The number of hydrogen-bond donors (Lipinski definition) is 0. The van der Waals surface area contributed by atoms with E-state index in [0.717, 1.165) is 5.49 Å². The van der Waals surface area contributed by atoms with Crippen LogP contribution in [0.4, 0.5) is 0 Å². The Bertz CT molecular complexity index is 309. The Kier molecular flexibility index (Phi) is 2.60. The molecule has 0 atom stereocenters. The summed E-state index contributed by atoms with van der Waals surface area (Å²) in [7, 11) is 1.93. The molecule has 1 rings (SSSR count). The van der Waals surface area contributed by atoms with Crippen molar-refractivity contribution in [2.24, 2.45) is 12.0 Å². The number of hydrogen-bond acceptors (Lipinski definition) is 2. The van der Waals surface area contributed by atoms with Crippen molar-refractivity contribution in [3.8, 4) is 0 Å². The average Bonchev–Trinajstić information content (AvgIpc) is 2.03. The molecule has 11 heavy (non-hydrogen) atoms. The predicted molar refractivity (Wildman–Crippen MR) is 43.6 cm³/mol. The zero-order chi connectivity index (χ0) is 8.10. The van der Waals surface area contributed by atoms with Crippen molar-refractivity contribution in [1.29, 1.82) is 0 Å². The highest BCUT2D eigenvalue weighted by Crippen LogP contribution is 1.73. The molecule has 0 spiro atoms. The Balaban J connectivity index is 3.13. The lowest BCUT2D eigenvalue weighted by Crippen LogP contribution is -2.16. The van der Waals surface area contributed by atoms with Gasteiger partial charge in [-0.05, 0) is 6.92 Å². The Labute approximate surface area is 65.7 Å². The Morgan fingerprint density at radius 3 is 3.09 bits per heavy atom. The van der Waals surface area contributed by atoms with Crippen LogP contribution in [-0.2, 0) is 7.05 Å². The lowest BCUT2D eigenvalue weighted by Gasteiger charge is -1.94. The SMILES string of the molecule is C/C=C\N=c1\cnccn1C. The van der Waals surface area contributed by atoms with Crippen LogP contribution in [0.3, 0.4) is 0 Å². The van der Waals surface area contributed by atoms with Gasteiger partial charge in [-0.3, -0.25) is 4.98 Å². The highest BCUT2D eigenvalue weighted by molar-refractivity contribution is 4.82. The summed E-state index contributed by atoms with van der Waals surface area (Å²) in [6.07, 6.45) is 8.95. The highest BCUT2D eigenvalue weighted by atomic mass is 15.0. The molecule has 58 valence electrons. The van der Waals surface area contributed by atoms with E-state index in [1.54, 1.807) is 18.6 Å². The van der Waals surface area contributed by atoms with Gasteiger partial charge in [0, 0.05) is 25.6 Å². The standard InChI is InChI=1S/C8H11N3/c1-3-4-10-8-7-9-5-6-11(8)2/h3-7H,1-2H3/b4-3-,10-8-. The summed E-state index contributed by atoms with van der Waals surface area (Å²) in [6.45, 7) is 1.93. The first-order valence-electron chi connectivity index (χ1n) is 3.46. The van der Waals surface area contributed by atoms with Crippen molar-refractivity contribution in [3.63, 3.8) is 0 Å². The fourth-order valence-corrected chi connectivity index (χ4v) is 0.691. The lowest BCUT2D eigenvalue weighted by atomic mass is 10.6. The van der Waals surface area contributed by atoms with E-state index in [1.165, 1.54) is 0 Å². The third kappa shape index (κ3) is 2.04. The molecule has 3 heteroatoms. The topological polar surface area (TPSA) is 30.2 Å². The molecule has 0 saturated carbocycles. The maximum atomic E-state index is 4.14. The molecule has 0 amide bonds. The van der Waals surface area contributed by atoms with Crippen LogP contribution in [0.1, 0.15) is 6.92 Å². The third-order valence-electron chi connectivity index (χ3n) is 1.28. The van der Waals surface area contributed by atoms with E-state index in [0.29, 0.717) is 0 Å². The average molecular weight is 149 g/mol. The Morgan fingerprint density at radius 2 is 2.45 bits per heavy atom. The number of aryl methyl sites for hydroxylation is 1. The van der Waals surface area contributed by atoms with Gasteiger partial charge in [-0.1, -0.05) is 6.08 Å². The molecule has 1 aromatic rings. The highest BCUT2D eigenvalue weighted by Gasteiger charge is 1.80. The van der Waals surface area contributed by atoms with Crippen LogP contribution < -0.4 is 5.49 Å². The van der Waals surface area contributed by atoms with Crippen molar-refractivity contribution >= 4 is 0 Å². The van der Waals surface area contributed by atoms with E-state index in [4.69, 9.17) is 0 Å². The van der Waals surface area contributed by atoms with E-state index in [2.05, 4.69) is 9.98 Å². The summed E-state index contributed by atoms with van der Waals surface area (Å²) in [6, 6.07) is 0. The third-order valence-corrected chi connectivity index (χ3v) is 1.28. The van der Waals surface area contributed by atoms with Crippen LogP contribution in [0.25, 0.3) is 0 Å². The zero-order valence-electron chi connectivity index (χ0n) is 6.73. The minimum absolute atomic E-state index is 0.852. The number of nitrogens with zero attached hydrogens (tertiary/aromatic N) is 3. The molecule has 0 fully saturated rings. The van der Waals surface area contributed by atoms with Gasteiger partial charge in [0.1, 0.15) is 0 Å². The van der Waals surface area contributed by atoms with Crippen LogP contribution >= 0.6 is 0 Å². The molecule has 3 nitrogen and oxygen atoms in total. The fourth-order valence-electron chi connectivity index (χ4n) is 0.691. The van der Waals surface area contributed by atoms with Crippen LogP contribution in [0.5, 0.6) is 0 Å². The van der Waals surface area contributed by atoms with Gasteiger partial charge in [0.15, 0.2) is 5.49 Å². The van der Waals surface area contributed by atoms with Crippen molar-refractivity contribution < 1.29 is 0 Å². The number of rotatable bonds is 1. The van der Waals surface area contributed by atoms with Crippen LogP contribution in [0.2, 0.25) is 0 Å². The summed E-state index contributed by atoms with van der Waals surface area (Å²) < 4.78 is 1.91. The van der Waals surface area contributed by atoms with E-state index in [1.807, 2.05) is 30.8 Å². The van der Waals surface area contributed by atoms with Gasteiger partial charge in [-0.2, -0.15) is 0 Å². The molecule has 0 saturated heterocycles. The van der Waals surface area contributed by atoms with Crippen LogP contribution in [-0.4, -0.2) is 9.55 Å². The van der Waals surface area contributed by atoms with Gasteiger partial charge in [0.25, 0.3) is 0 Å². The van der Waals surface area contributed by atoms with Gasteiger partial charge in [0.05, 0.1) is 6.20 Å². The van der Waals surface area contributed by atoms with E-state index in [-0.39, 0.29) is 0 Å². The molecule has 1 heterocycles. The number of aromatic nitrogens is 2. The molecule has 0 unspecified atom stereocenters. The summed E-state index contributed by atoms with van der Waals surface area (Å²) in [5, 5.41) is 0. The van der Waals surface area contributed by atoms with Gasteiger partial charge in [-0.15, -0.1) is 0 Å². The Hall–Kier alpha value is -1.38.